The molecule has 1 saturated heterocycles. The SMILES string of the molecule is CCC(C)C(=O)OC1CC(C)(O)C23OC(C)(C)C(C(OC(=O)C(C)C)C(OC(=O)c4ccccc4)C2(COC(C)=O)C1OC(C)=O)C3O. The molecule has 10 unspecified atom stereocenters. The summed E-state index contributed by atoms with van der Waals surface area (Å²) in [5, 5.41) is 25.0. The number of esters is 5. The van der Waals surface area contributed by atoms with Crippen molar-refractivity contribution in [2.24, 2.45) is 23.2 Å². The molecule has 0 aromatic heterocycles. The van der Waals surface area contributed by atoms with Crippen LogP contribution < -0.4 is 0 Å². The minimum Gasteiger partial charge on any atom is -0.465 e. The van der Waals surface area contributed by atoms with Gasteiger partial charge in [0, 0.05) is 20.3 Å². The number of hydrogen-bond acceptors (Lipinski definition) is 13. The monoisotopic (exact) mass is 676 g/mol. The van der Waals surface area contributed by atoms with Gasteiger partial charge in [-0.15, -0.1) is 0 Å². The van der Waals surface area contributed by atoms with Gasteiger partial charge in [-0.25, -0.2) is 4.79 Å². The van der Waals surface area contributed by atoms with Gasteiger partial charge < -0.3 is 38.6 Å². The standard InChI is InChI=1S/C35H48O13/c1-10-19(4)30(40)45-23-16-33(9,42)35-26(38)24(32(7,8)48-35)25(46-29(39)18(2)3)28(47-31(41)22-14-12-11-13-15-22)34(35,17-43-20(5)36)27(23)44-21(6)37/h11-15,18-19,23-28,38,42H,10,16-17H2,1-9H3. The lowest BCUT2D eigenvalue weighted by Crippen LogP contribution is -2.85. The Morgan fingerprint density at radius 2 is 1.52 bits per heavy atom. The lowest BCUT2D eigenvalue weighted by atomic mass is 9.45. The molecular formula is C35H48O13. The number of fused-ring (bicyclic) bond motifs is 1. The Morgan fingerprint density at radius 1 is 0.896 bits per heavy atom. The second-order valence-corrected chi connectivity index (χ2v) is 14.3. The molecule has 1 aromatic carbocycles. The number of ether oxygens (including phenoxy) is 6. The van der Waals surface area contributed by atoms with Crippen LogP contribution in [-0.4, -0.2) is 94.0 Å². The molecule has 13 nitrogen and oxygen atoms in total. The van der Waals surface area contributed by atoms with Crippen molar-refractivity contribution in [3.05, 3.63) is 35.9 Å². The first-order valence-electron chi connectivity index (χ1n) is 16.4. The average Bonchev–Trinajstić information content (AvgIpc) is 3.18. The molecule has 3 fully saturated rings. The number of hydrogen-bond donors (Lipinski definition) is 2. The normalized spacial score (nSPS) is 35.5. The van der Waals surface area contributed by atoms with Gasteiger partial charge in [0.1, 0.15) is 29.8 Å². The molecule has 2 bridgehead atoms. The van der Waals surface area contributed by atoms with Crippen molar-refractivity contribution < 1.29 is 62.6 Å². The minimum absolute atomic E-state index is 0.105. The fourth-order valence-electron chi connectivity index (χ4n) is 7.82. The zero-order valence-corrected chi connectivity index (χ0v) is 29.0. The van der Waals surface area contributed by atoms with Crippen molar-refractivity contribution in [2.45, 2.75) is 122 Å². The van der Waals surface area contributed by atoms with Crippen LogP contribution in [0.5, 0.6) is 0 Å². The summed E-state index contributed by atoms with van der Waals surface area (Å²) in [4.78, 5) is 66.1. The molecule has 0 radical (unpaired) electrons. The zero-order chi connectivity index (χ0) is 36.0. The maximum Gasteiger partial charge on any atom is 0.338 e. The number of carbonyl (C=O) groups is 5. The molecule has 3 aliphatic rings. The fraction of sp³-hybridized carbons (Fsp3) is 0.686. The molecule has 4 rings (SSSR count). The number of aliphatic hydroxyl groups excluding tert-OH is 1. The highest BCUT2D eigenvalue weighted by Gasteiger charge is 2.88. The van der Waals surface area contributed by atoms with Crippen LogP contribution in [0.15, 0.2) is 30.3 Å². The van der Waals surface area contributed by atoms with Gasteiger partial charge in [-0.3, -0.25) is 19.2 Å². The Balaban J connectivity index is 2.11. The predicted octanol–water partition coefficient (Wildman–Crippen LogP) is 2.91. The Hall–Kier alpha value is -3.55. The highest BCUT2D eigenvalue weighted by atomic mass is 16.6. The van der Waals surface area contributed by atoms with Gasteiger partial charge in [0.15, 0.2) is 12.2 Å². The first kappa shape index (κ1) is 37.3. The van der Waals surface area contributed by atoms with Crippen molar-refractivity contribution in [2.75, 3.05) is 6.61 Å². The highest BCUT2D eigenvalue weighted by molar-refractivity contribution is 5.89. The fourth-order valence-corrected chi connectivity index (χ4v) is 7.82. The molecule has 2 saturated carbocycles. The summed E-state index contributed by atoms with van der Waals surface area (Å²) in [5.41, 5.74) is -7.86. The lowest BCUT2D eigenvalue weighted by molar-refractivity contribution is -0.363. The molecule has 1 aliphatic heterocycles. The summed E-state index contributed by atoms with van der Waals surface area (Å²) in [6, 6.07) is 7.91. The van der Waals surface area contributed by atoms with Gasteiger partial charge in [0.2, 0.25) is 0 Å². The van der Waals surface area contributed by atoms with Crippen molar-refractivity contribution in [3.8, 4) is 0 Å². The Morgan fingerprint density at radius 3 is 2.06 bits per heavy atom. The topological polar surface area (TPSA) is 181 Å². The third kappa shape index (κ3) is 6.09. The van der Waals surface area contributed by atoms with E-state index in [2.05, 4.69) is 0 Å². The third-order valence-corrected chi connectivity index (χ3v) is 10.1. The second kappa shape index (κ2) is 13.4. The van der Waals surface area contributed by atoms with Crippen LogP contribution in [0.2, 0.25) is 0 Å². The zero-order valence-electron chi connectivity index (χ0n) is 29.0. The van der Waals surface area contributed by atoms with Crippen LogP contribution in [0.3, 0.4) is 0 Å². The number of aliphatic hydroxyl groups is 2. The van der Waals surface area contributed by atoms with E-state index in [4.69, 9.17) is 28.4 Å². The van der Waals surface area contributed by atoms with E-state index in [1.54, 1.807) is 59.7 Å². The molecule has 48 heavy (non-hydrogen) atoms. The van der Waals surface area contributed by atoms with E-state index < -0.39 is 113 Å². The van der Waals surface area contributed by atoms with E-state index in [1.807, 2.05) is 0 Å². The van der Waals surface area contributed by atoms with E-state index in [1.165, 1.54) is 19.1 Å². The molecule has 1 heterocycles. The maximum atomic E-state index is 14.0. The Labute approximate surface area is 280 Å². The average molecular weight is 677 g/mol. The minimum atomic E-state index is -2.23. The molecule has 1 spiro atoms. The summed E-state index contributed by atoms with van der Waals surface area (Å²) in [6.45, 7) is 12.7. The largest absolute Gasteiger partial charge is 0.465 e. The van der Waals surface area contributed by atoms with Crippen LogP contribution in [-0.2, 0) is 47.6 Å². The van der Waals surface area contributed by atoms with Crippen LogP contribution in [0.1, 0.15) is 85.5 Å². The van der Waals surface area contributed by atoms with E-state index in [-0.39, 0.29) is 5.56 Å². The molecule has 0 amide bonds. The van der Waals surface area contributed by atoms with Crippen LogP contribution >= 0.6 is 0 Å². The van der Waals surface area contributed by atoms with Crippen molar-refractivity contribution in [3.63, 3.8) is 0 Å². The molecular weight excluding hydrogens is 628 g/mol. The van der Waals surface area contributed by atoms with Gasteiger partial charge in [0.05, 0.1) is 40.6 Å². The smallest absolute Gasteiger partial charge is 0.338 e. The second-order valence-electron chi connectivity index (χ2n) is 14.3. The van der Waals surface area contributed by atoms with Crippen LogP contribution in [0, 0.1) is 23.2 Å². The number of rotatable bonds is 10. The molecule has 13 heteroatoms. The van der Waals surface area contributed by atoms with Gasteiger partial charge in [-0.1, -0.05) is 45.9 Å². The summed E-state index contributed by atoms with van der Waals surface area (Å²) >= 11 is 0. The van der Waals surface area contributed by atoms with Crippen molar-refractivity contribution in [1.82, 2.24) is 0 Å². The van der Waals surface area contributed by atoms with Crippen molar-refractivity contribution in [1.29, 1.82) is 0 Å². The van der Waals surface area contributed by atoms with E-state index in [9.17, 15) is 34.2 Å². The van der Waals surface area contributed by atoms with E-state index in [0.717, 1.165) is 13.8 Å². The van der Waals surface area contributed by atoms with Crippen LogP contribution in [0.4, 0.5) is 0 Å². The predicted molar refractivity (Wildman–Crippen MR) is 167 cm³/mol. The van der Waals surface area contributed by atoms with Gasteiger partial charge in [-0.05, 0) is 39.3 Å². The van der Waals surface area contributed by atoms with Gasteiger partial charge in [-0.2, -0.15) is 0 Å². The van der Waals surface area contributed by atoms with Gasteiger partial charge >= 0.3 is 29.8 Å². The first-order valence-corrected chi connectivity index (χ1v) is 16.4. The first-order chi connectivity index (χ1) is 22.3. The summed E-state index contributed by atoms with van der Waals surface area (Å²) in [6.07, 6.45) is -7.97. The molecule has 10 atom stereocenters. The van der Waals surface area contributed by atoms with E-state index >= 15 is 0 Å². The molecule has 266 valence electrons. The quantitative estimate of drug-likeness (QED) is 0.273. The van der Waals surface area contributed by atoms with Gasteiger partial charge in [0.25, 0.3) is 0 Å². The Bertz CT molecular complexity index is 1400. The molecule has 1 aromatic rings. The van der Waals surface area contributed by atoms with Crippen LogP contribution in [0.25, 0.3) is 0 Å². The summed E-state index contributed by atoms with van der Waals surface area (Å²) < 4.78 is 36.7. The number of carbonyl (C=O) groups excluding carboxylic acids is 5. The van der Waals surface area contributed by atoms with E-state index in [0.29, 0.717) is 6.42 Å². The highest BCUT2D eigenvalue weighted by Crippen LogP contribution is 2.69. The summed E-state index contributed by atoms with van der Waals surface area (Å²) in [5.74, 6) is -6.33. The third-order valence-electron chi connectivity index (χ3n) is 10.1. The van der Waals surface area contributed by atoms with Crippen molar-refractivity contribution >= 4 is 29.8 Å². The Kier molecular flexibility index (Phi) is 10.4. The lowest BCUT2D eigenvalue weighted by Gasteiger charge is -2.66. The number of benzene rings is 1. The maximum absolute atomic E-state index is 14.0. The molecule has 2 aliphatic carbocycles. The summed E-state index contributed by atoms with van der Waals surface area (Å²) in [7, 11) is 0. The molecule has 2 N–H and O–H groups in total.